The van der Waals surface area contributed by atoms with Crippen molar-refractivity contribution in [2.24, 2.45) is 48.0 Å². The van der Waals surface area contributed by atoms with E-state index in [0.717, 1.165) is 12.7 Å². The Hall–Kier alpha value is -2.03. The van der Waals surface area contributed by atoms with Crippen LogP contribution in [0.2, 0.25) is 5.28 Å². The largest absolute Gasteiger partial charge is 0.491 e. The van der Waals surface area contributed by atoms with Crippen molar-refractivity contribution in [2.45, 2.75) is 11.6 Å². The normalized spacial score (nSPS) is 42.9. The van der Waals surface area contributed by atoms with E-state index in [1.54, 1.807) is 24.9 Å². The Morgan fingerprint density at radius 3 is 2.33 bits per heavy atom. The molecular weight excluding hydrogens is 419 g/mol. The summed E-state index contributed by atoms with van der Waals surface area (Å²) in [4.78, 5) is 14.5. The Morgan fingerprint density at radius 1 is 1.17 bits per heavy atom. The van der Waals surface area contributed by atoms with Gasteiger partial charge in [0.25, 0.3) is 0 Å². The molecule has 6 fully saturated rings. The van der Waals surface area contributed by atoms with Crippen LogP contribution in [0.25, 0.3) is 0 Å². The second-order valence-corrected chi connectivity index (χ2v) is 9.98. The van der Waals surface area contributed by atoms with E-state index in [9.17, 15) is 13.2 Å². The second-order valence-electron chi connectivity index (χ2n) is 9.65. The number of rotatable bonds is 5. The number of aryl methyl sites for hydroxylation is 1. The maximum Gasteiger partial charge on any atom is 0.434 e. The molecule has 8 rings (SSSR count). The zero-order valence-corrected chi connectivity index (χ0v) is 17.2. The number of hydrogen-bond donors (Lipinski definition) is 0. The zero-order valence-electron chi connectivity index (χ0n) is 16.5. The van der Waals surface area contributed by atoms with E-state index in [0.29, 0.717) is 52.9 Å². The molecule has 0 atom stereocenters. The summed E-state index contributed by atoms with van der Waals surface area (Å²) >= 11 is 5.99. The number of anilines is 1. The molecule has 0 aromatic carbocycles. The topological polar surface area (TPSA) is 56.1 Å². The number of imidazole rings is 1. The van der Waals surface area contributed by atoms with Gasteiger partial charge in [-0.05, 0) is 52.5 Å². The van der Waals surface area contributed by atoms with Crippen molar-refractivity contribution in [3.63, 3.8) is 0 Å². The summed E-state index contributed by atoms with van der Waals surface area (Å²) in [5.41, 5.74) is -0.582. The average Bonchev–Trinajstić information content (AvgIpc) is 3.10. The summed E-state index contributed by atoms with van der Waals surface area (Å²) in [7, 11) is 5.28. The molecule has 0 amide bonds. The predicted molar refractivity (Wildman–Crippen MR) is 100 cm³/mol. The quantitative estimate of drug-likeness (QED) is 0.673. The van der Waals surface area contributed by atoms with Gasteiger partial charge in [0, 0.05) is 32.3 Å². The summed E-state index contributed by atoms with van der Waals surface area (Å²) in [6.07, 6.45) is -1.67. The molecule has 0 aliphatic heterocycles. The number of alkyl halides is 3. The van der Waals surface area contributed by atoms with Crippen molar-refractivity contribution in [3.05, 3.63) is 29.2 Å². The van der Waals surface area contributed by atoms with E-state index in [2.05, 4.69) is 19.9 Å². The summed E-state index contributed by atoms with van der Waals surface area (Å²) in [5.74, 6) is 5.17. The molecule has 0 saturated heterocycles. The Morgan fingerprint density at radius 2 is 1.80 bits per heavy atom. The number of nitrogens with zero attached hydrogens (tertiary/aromatic N) is 5. The van der Waals surface area contributed by atoms with E-state index in [4.69, 9.17) is 16.3 Å². The van der Waals surface area contributed by atoms with Gasteiger partial charge in [-0.1, -0.05) is 0 Å². The first kappa shape index (κ1) is 17.6. The third-order valence-corrected chi connectivity index (χ3v) is 9.37. The molecule has 6 saturated carbocycles. The van der Waals surface area contributed by atoms with Gasteiger partial charge >= 0.3 is 6.18 Å². The van der Waals surface area contributed by atoms with Gasteiger partial charge in [-0.2, -0.15) is 18.2 Å². The fraction of sp³-hybridized carbons (Fsp3) is 0.650. The van der Waals surface area contributed by atoms with Crippen LogP contribution >= 0.6 is 11.6 Å². The fourth-order valence-corrected chi connectivity index (χ4v) is 8.89. The van der Waals surface area contributed by atoms with Crippen molar-refractivity contribution < 1.29 is 17.9 Å². The maximum atomic E-state index is 13.1. The SMILES string of the molecule is COc1cnc(Cl)nc1N(C)CC12C3C4C1C1C2C3C41c1nc(C(F)(F)F)cn1C. The molecule has 0 unspecified atom stereocenters. The molecule has 6 aliphatic rings. The molecule has 0 N–H and O–H groups in total. The van der Waals surface area contributed by atoms with E-state index >= 15 is 0 Å². The molecule has 2 heterocycles. The Labute approximate surface area is 175 Å². The van der Waals surface area contributed by atoms with Crippen LogP contribution in [0.15, 0.2) is 12.4 Å². The van der Waals surface area contributed by atoms with E-state index in [-0.39, 0.29) is 16.1 Å². The number of aromatic nitrogens is 4. The van der Waals surface area contributed by atoms with Crippen LogP contribution in [0.5, 0.6) is 5.75 Å². The lowest BCUT2D eigenvalue weighted by Gasteiger charge is -3.11. The van der Waals surface area contributed by atoms with Gasteiger partial charge < -0.3 is 14.2 Å². The smallest absolute Gasteiger partial charge is 0.434 e. The Balaban J connectivity index is 1.15. The predicted octanol–water partition coefficient (Wildman–Crippen LogP) is 3.02. The highest BCUT2D eigenvalue weighted by molar-refractivity contribution is 6.28. The average molecular weight is 438 g/mol. The highest BCUT2D eigenvalue weighted by Gasteiger charge is 3.10. The Bertz CT molecular complexity index is 1080. The first-order valence-corrected chi connectivity index (χ1v) is 10.5. The van der Waals surface area contributed by atoms with Crippen LogP contribution in [-0.2, 0) is 18.6 Å². The van der Waals surface area contributed by atoms with Crippen molar-refractivity contribution in [2.75, 3.05) is 25.6 Å². The lowest BCUT2D eigenvalue weighted by Crippen LogP contribution is -3.12. The summed E-state index contributed by atoms with van der Waals surface area (Å²) < 4.78 is 46.5. The molecule has 2 aromatic heterocycles. The van der Waals surface area contributed by atoms with Gasteiger partial charge in [0.2, 0.25) is 5.28 Å². The first-order chi connectivity index (χ1) is 14.2. The van der Waals surface area contributed by atoms with Gasteiger partial charge in [0.15, 0.2) is 17.3 Å². The number of hydrogen-bond acceptors (Lipinski definition) is 5. The highest BCUT2D eigenvalue weighted by Crippen LogP contribution is 3.09. The molecule has 0 bridgehead atoms. The fourth-order valence-electron chi connectivity index (χ4n) is 8.76. The molecule has 2 aromatic rings. The van der Waals surface area contributed by atoms with Crippen LogP contribution in [0, 0.1) is 40.9 Å². The van der Waals surface area contributed by atoms with Gasteiger partial charge in [-0.3, -0.25) is 0 Å². The monoisotopic (exact) mass is 437 g/mol. The van der Waals surface area contributed by atoms with Crippen LogP contribution in [0.4, 0.5) is 19.0 Å². The number of methoxy groups -OCH3 is 1. The molecule has 30 heavy (non-hydrogen) atoms. The molecule has 0 spiro atoms. The lowest BCUT2D eigenvalue weighted by atomic mass is 8.92. The van der Waals surface area contributed by atoms with Gasteiger partial charge in [0.1, 0.15) is 5.82 Å². The van der Waals surface area contributed by atoms with Crippen LogP contribution in [-0.4, -0.2) is 40.2 Å². The minimum absolute atomic E-state index is 0.0888. The van der Waals surface area contributed by atoms with Crippen molar-refractivity contribution in [1.29, 1.82) is 0 Å². The first-order valence-electron chi connectivity index (χ1n) is 10.1. The summed E-state index contributed by atoms with van der Waals surface area (Å²) in [6.45, 7) is 0.866. The van der Waals surface area contributed by atoms with Crippen molar-refractivity contribution >= 4 is 17.4 Å². The summed E-state index contributed by atoms with van der Waals surface area (Å²) in [5, 5.41) is 0.182. The van der Waals surface area contributed by atoms with Crippen LogP contribution in [0.1, 0.15) is 11.5 Å². The van der Waals surface area contributed by atoms with Crippen LogP contribution < -0.4 is 9.64 Å². The third kappa shape index (κ3) is 1.44. The molecule has 10 heteroatoms. The lowest BCUT2D eigenvalue weighted by molar-refractivity contribution is -0.627. The molecular formula is C20H19ClF3N5O. The molecule has 6 nitrogen and oxygen atoms in total. The Kier molecular flexibility index (Phi) is 2.78. The standard InChI is InChI=1S/C20H19ClF3N5O/c1-28-5-8(20(22,23)24)26-16(28)19-12-9-13(19)11-14(19)10(12)18(9,11)6-29(2)15-7(30-3)4-25-17(21)27-15/h4-5,9-14H,6H2,1-3H3. The van der Waals surface area contributed by atoms with Crippen molar-refractivity contribution in [3.8, 4) is 5.75 Å². The second kappa shape index (κ2) is 4.74. The maximum absolute atomic E-state index is 13.1. The van der Waals surface area contributed by atoms with Gasteiger partial charge in [-0.15, -0.1) is 0 Å². The zero-order chi connectivity index (χ0) is 21.0. The summed E-state index contributed by atoms with van der Waals surface area (Å²) in [6, 6.07) is 0. The van der Waals surface area contributed by atoms with Crippen molar-refractivity contribution in [1.82, 2.24) is 19.5 Å². The minimum Gasteiger partial charge on any atom is -0.491 e. The van der Waals surface area contributed by atoms with Crippen LogP contribution in [0.3, 0.4) is 0 Å². The number of ether oxygens (including phenoxy) is 1. The molecule has 6 aliphatic carbocycles. The number of halogens is 4. The minimum atomic E-state index is -4.39. The third-order valence-electron chi connectivity index (χ3n) is 9.19. The van der Waals surface area contributed by atoms with E-state index < -0.39 is 11.9 Å². The van der Waals surface area contributed by atoms with Gasteiger partial charge in [0.05, 0.1) is 13.3 Å². The molecule has 0 radical (unpaired) electrons. The van der Waals surface area contributed by atoms with E-state index in [1.165, 1.54) is 0 Å². The van der Waals surface area contributed by atoms with Gasteiger partial charge in [-0.25, -0.2) is 9.97 Å². The highest BCUT2D eigenvalue weighted by atomic mass is 35.5. The molecule has 158 valence electrons. The van der Waals surface area contributed by atoms with E-state index in [1.807, 2.05) is 7.05 Å².